The van der Waals surface area contributed by atoms with Crippen LogP contribution in [-0.2, 0) is 6.42 Å². The Morgan fingerprint density at radius 1 is 1.21 bits per heavy atom. The van der Waals surface area contributed by atoms with Gasteiger partial charge in [-0.05, 0) is 30.9 Å². The largest absolute Gasteiger partial charge is 0.335 e. The van der Waals surface area contributed by atoms with Gasteiger partial charge in [0.15, 0.2) is 5.17 Å². The first kappa shape index (κ1) is 14.4. The van der Waals surface area contributed by atoms with Gasteiger partial charge in [-0.2, -0.15) is 0 Å². The zero-order valence-electron chi connectivity index (χ0n) is 12.2. The summed E-state index contributed by atoms with van der Waals surface area (Å²) in [6.07, 6.45) is 4.54. The van der Waals surface area contributed by atoms with Crippen LogP contribution in [-0.4, -0.2) is 16.5 Å². The van der Waals surface area contributed by atoms with Crippen molar-refractivity contribution in [2.45, 2.75) is 52.0 Å². The number of hydrogen-bond acceptors (Lipinski definition) is 3. The highest BCUT2D eigenvalue weighted by Gasteiger charge is 2.32. The van der Waals surface area contributed by atoms with Gasteiger partial charge in [-0.1, -0.05) is 57.2 Å². The van der Waals surface area contributed by atoms with Crippen LogP contribution >= 0.6 is 11.8 Å². The fraction of sp³-hybridized carbons (Fsp3) is 0.562. The lowest BCUT2D eigenvalue weighted by Gasteiger charge is -2.20. The predicted molar refractivity (Wildman–Crippen MR) is 87.3 cm³/mol. The summed E-state index contributed by atoms with van der Waals surface area (Å²) in [4.78, 5) is 4.92. The number of aryl methyl sites for hydroxylation is 1. The molecule has 0 fully saturated rings. The van der Waals surface area contributed by atoms with Crippen LogP contribution in [0.5, 0.6) is 0 Å². The van der Waals surface area contributed by atoms with Crippen molar-refractivity contribution in [3.05, 3.63) is 29.8 Å². The van der Waals surface area contributed by atoms with E-state index in [9.17, 15) is 0 Å². The van der Waals surface area contributed by atoms with Crippen LogP contribution in [0.25, 0.3) is 0 Å². The molecule has 104 valence electrons. The Hall–Kier alpha value is -0.960. The lowest BCUT2D eigenvalue weighted by Crippen LogP contribution is -2.24. The average Bonchev–Trinajstić information content (AvgIpc) is 2.85. The van der Waals surface area contributed by atoms with Gasteiger partial charge in [-0.3, -0.25) is 4.99 Å². The third-order valence-corrected chi connectivity index (χ3v) is 5.06. The summed E-state index contributed by atoms with van der Waals surface area (Å²) in [7, 11) is 0. The Morgan fingerprint density at radius 2 is 1.95 bits per heavy atom. The molecule has 1 aliphatic rings. The molecule has 0 unspecified atom stereocenters. The van der Waals surface area contributed by atoms with Crippen molar-refractivity contribution >= 4 is 22.6 Å². The zero-order chi connectivity index (χ0) is 13.7. The molecular weight excluding hydrogens is 252 g/mol. The minimum Gasteiger partial charge on any atom is -0.335 e. The molecular formula is C16H24N2S. The van der Waals surface area contributed by atoms with E-state index in [2.05, 4.69) is 50.4 Å². The number of para-hydroxylation sites is 1. The Bertz CT molecular complexity index is 450. The summed E-state index contributed by atoms with van der Waals surface area (Å²) in [5.74, 6) is 1.11. The number of thioether (sulfide) groups is 1. The number of anilines is 1. The first-order chi connectivity index (χ1) is 9.23. The van der Waals surface area contributed by atoms with E-state index >= 15 is 0 Å². The molecule has 0 bridgehead atoms. The van der Waals surface area contributed by atoms with Crippen LogP contribution in [0.2, 0.25) is 0 Å². The van der Waals surface area contributed by atoms with Crippen molar-refractivity contribution in [1.82, 2.24) is 0 Å². The molecule has 1 aromatic rings. The Balaban J connectivity index is 2.14. The molecule has 1 N–H and O–H groups in total. The fourth-order valence-electron chi connectivity index (χ4n) is 2.40. The normalized spacial score (nSPS) is 17.3. The third kappa shape index (κ3) is 3.33. The molecule has 1 aliphatic heterocycles. The molecule has 1 heterocycles. The van der Waals surface area contributed by atoms with Crippen molar-refractivity contribution < 1.29 is 0 Å². The highest BCUT2D eigenvalue weighted by Crippen LogP contribution is 2.34. The van der Waals surface area contributed by atoms with Crippen LogP contribution in [0.3, 0.4) is 0 Å². The highest BCUT2D eigenvalue weighted by atomic mass is 32.2. The molecule has 19 heavy (non-hydrogen) atoms. The van der Waals surface area contributed by atoms with Crippen LogP contribution in [0.4, 0.5) is 5.69 Å². The van der Waals surface area contributed by atoms with Gasteiger partial charge in [0, 0.05) is 11.4 Å². The zero-order valence-corrected chi connectivity index (χ0v) is 13.0. The van der Waals surface area contributed by atoms with E-state index in [0.717, 1.165) is 30.2 Å². The standard InChI is InChI=1S/C16H24N2S/c1-4-9-13-10-7-8-11-14(13)17-15-18-16(5-2,6-3)12-19-15/h7-8,10-11H,4-6,9,12H2,1-3H3,(H,17,18). The van der Waals surface area contributed by atoms with Gasteiger partial charge in [0.25, 0.3) is 0 Å². The molecule has 0 spiro atoms. The van der Waals surface area contributed by atoms with E-state index in [1.165, 1.54) is 17.7 Å². The van der Waals surface area contributed by atoms with Crippen LogP contribution in [0.1, 0.15) is 45.6 Å². The third-order valence-electron chi connectivity index (χ3n) is 3.91. The van der Waals surface area contributed by atoms with Gasteiger partial charge in [0.2, 0.25) is 0 Å². The lowest BCUT2D eigenvalue weighted by molar-refractivity contribution is 0.456. The molecule has 1 aromatic carbocycles. The monoisotopic (exact) mass is 276 g/mol. The van der Waals surface area contributed by atoms with E-state index in [4.69, 9.17) is 4.99 Å². The van der Waals surface area contributed by atoms with Gasteiger partial charge in [0.05, 0.1) is 5.54 Å². The van der Waals surface area contributed by atoms with Gasteiger partial charge in [-0.25, -0.2) is 0 Å². The number of benzene rings is 1. The van der Waals surface area contributed by atoms with Crippen LogP contribution in [0, 0.1) is 0 Å². The summed E-state index contributed by atoms with van der Waals surface area (Å²) in [5.41, 5.74) is 2.77. The van der Waals surface area contributed by atoms with Crippen molar-refractivity contribution in [1.29, 1.82) is 0 Å². The minimum absolute atomic E-state index is 0.159. The molecule has 0 atom stereocenters. The van der Waals surface area contributed by atoms with Gasteiger partial charge in [0.1, 0.15) is 0 Å². The minimum atomic E-state index is 0.159. The first-order valence-corrected chi connectivity index (χ1v) is 8.29. The Kier molecular flexibility index (Phi) is 4.92. The molecule has 2 rings (SSSR count). The quantitative estimate of drug-likeness (QED) is 0.842. The van der Waals surface area contributed by atoms with Crippen molar-refractivity contribution in [2.75, 3.05) is 11.1 Å². The molecule has 0 aliphatic carbocycles. The first-order valence-electron chi connectivity index (χ1n) is 7.30. The van der Waals surface area contributed by atoms with E-state index in [-0.39, 0.29) is 5.54 Å². The molecule has 2 nitrogen and oxygen atoms in total. The predicted octanol–water partition coefficient (Wildman–Crippen LogP) is 4.71. The highest BCUT2D eigenvalue weighted by molar-refractivity contribution is 8.14. The van der Waals surface area contributed by atoms with Gasteiger partial charge in [-0.15, -0.1) is 0 Å². The van der Waals surface area contributed by atoms with Crippen LogP contribution < -0.4 is 5.32 Å². The number of rotatable bonds is 5. The Morgan fingerprint density at radius 3 is 2.58 bits per heavy atom. The summed E-state index contributed by atoms with van der Waals surface area (Å²) < 4.78 is 0. The molecule has 0 aromatic heterocycles. The van der Waals surface area contributed by atoms with Crippen molar-refractivity contribution in [2.24, 2.45) is 4.99 Å². The number of amidine groups is 1. The maximum atomic E-state index is 4.92. The molecule has 0 amide bonds. The van der Waals surface area contributed by atoms with E-state index in [1.54, 1.807) is 0 Å². The van der Waals surface area contributed by atoms with Gasteiger partial charge >= 0.3 is 0 Å². The van der Waals surface area contributed by atoms with Crippen LogP contribution in [0.15, 0.2) is 29.3 Å². The topological polar surface area (TPSA) is 24.4 Å². The average molecular weight is 276 g/mol. The van der Waals surface area contributed by atoms with Crippen molar-refractivity contribution in [3.63, 3.8) is 0 Å². The summed E-state index contributed by atoms with van der Waals surface area (Å²) in [6.45, 7) is 6.70. The fourth-order valence-corrected chi connectivity index (χ4v) is 3.72. The molecule has 0 saturated heterocycles. The van der Waals surface area contributed by atoms with E-state index < -0.39 is 0 Å². The Labute approximate surface area is 121 Å². The molecule has 3 heteroatoms. The summed E-state index contributed by atoms with van der Waals surface area (Å²) >= 11 is 1.86. The maximum absolute atomic E-state index is 4.92. The lowest BCUT2D eigenvalue weighted by atomic mass is 9.97. The second kappa shape index (κ2) is 6.47. The summed E-state index contributed by atoms with van der Waals surface area (Å²) in [5, 5.41) is 4.62. The molecule has 0 saturated carbocycles. The van der Waals surface area contributed by atoms with Crippen molar-refractivity contribution in [3.8, 4) is 0 Å². The number of nitrogens with zero attached hydrogens (tertiary/aromatic N) is 1. The summed E-state index contributed by atoms with van der Waals surface area (Å²) in [6, 6.07) is 8.57. The molecule has 0 radical (unpaired) electrons. The number of nitrogens with one attached hydrogen (secondary N) is 1. The smallest absolute Gasteiger partial charge is 0.161 e. The van der Waals surface area contributed by atoms with E-state index in [0.29, 0.717) is 0 Å². The second-order valence-corrected chi connectivity index (χ2v) is 6.13. The van der Waals surface area contributed by atoms with E-state index in [1.807, 2.05) is 11.8 Å². The number of hydrogen-bond donors (Lipinski definition) is 1. The maximum Gasteiger partial charge on any atom is 0.161 e. The van der Waals surface area contributed by atoms with Gasteiger partial charge < -0.3 is 5.32 Å². The SMILES string of the molecule is CCCc1ccccc1NC1=NC(CC)(CC)CS1. The second-order valence-electron chi connectivity index (χ2n) is 5.17. The number of aliphatic imine (C=N–C) groups is 1.